The Morgan fingerprint density at radius 1 is 1.53 bits per heavy atom. The van der Waals surface area contributed by atoms with Gasteiger partial charge in [-0.05, 0) is 24.6 Å². The molecule has 0 aliphatic heterocycles. The second-order valence-electron chi connectivity index (χ2n) is 3.58. The molecule has 2 aromatic rings. The second kappa shape index (κ2) is 4.25. The summed E-state index contributed by atoms with van der Waals surface area (Å²) in [5.74, 6) is -0.958. The van der Waals surface area contributed by atoms with Crippen LogP contribution in [0, 0.1) is 12.7 Å². The van der Waals surface area contributed by atoms with Gasteiger partial charge in [0, 0.05) is 11.9 Å². The van der Waals surface area contributed by atoms with Gasteiger partial charge in [0.15, 0.2) is 0 Å². The molecule has 0 spiro atoms. The Kier molecular flexibility index (Phi) is 2.78. The number of hydrogen-bond donors (Lipinski definition) is 3. The van der Waals surface area contributed by atoms with Gasteiger partial charge in [-0.3, -0.25) is 9.89 Å². The molecule has 0 saturated carbocycles. The zero-order valence-corrected chi connectivity index (χ0v) is 9.12. The fourth-order valence-electron chi connectivity index (χ4n) is 1.41. The summed E-state index contributed by atoms with van der Waals surface area (Å²) in [6.07, 6.45) is 2.78. The first kappa shape index (κ1) is 11.1. The summed E-state index contributed by atoms with van der Waals surface area (Å²) in [5, 5.41) is 8.62. The lowest BCUT2D eigenvalue weighted by atomic mass is 10.1. The number of benzene rings is 1. The molecule has 0 fully saturated rings. The first-order valence-electron chi connectivity index (χ1n) is 4.94. The predicted molar refractivity (Wildman–Crippen MR) is 62.1 cm³/mol. The number of hydrogen-bond acceptors (Lipinski definition) is 3. The number of amides is 1. The lowest BCUT2D eigenvalue weighted by molar-refractivity contribution is 0.102. The van der Waals surface area contributed by atoms with Crippen LogP contribution < -0.4 is 11.1 Å². The third kappa shape index (κ3) is 2.10. The molecule has 2 rings (SSSR count). The summed E-state index contributed by atoms with van der Waals surface area (Å²) in [7, 11) is 0. The molecule has 0 aliphatic rings. The number of anilines is 2. The van der Waals surface area contributed by atoms with E-state index < -0.39 is 11.7 Å². The normalized spacial score (nSPS) is 10.2. The monoisotopic (exact) mass is 234 g/mol. The molecule has 88 valence electrons. The van der Waals surface area contributed by atoms with Crippen LogP contribution >= 0.6 is 0 Å². The van der Waals surface area contributed by atoms with E-state index in [4.69, 9.17) is 5.73 Å². The third-order valence-electron chi connectivity index (χ3n) is 2.46. The zero-order chi connectivity index (χ0) is 12.4. The molecule has 0 radical (unpaired) electrons. The number of nitrogen functional groups attached to an aromatic ring is 1. The number of nitrogens with one attached hydrogen (secondary N) is 2. The third-order valence-corrected chi connectivity index (χ3v) is 2.46. The van der Waals surface area contributed by atoms with Crippen molar-refractivity contribution in [1.29, 1.82) is 0 Å². The fourth-order valence-corrected chi connectivity index (χ4v) is 1.41. The van der Waals surface area contributed by atoms with Crippen LogP contribution in [0.15, 0.2) is 24.5 Å². The molecule has 17 heavy (non-hydrogen) atoms. The van der Waals surface area contributed by atoms with Gasteiger partial charge in [-0.25, -0.2) is 4.39 Å². The average molecular weight is 234 g/mol. The van der Waals surface area contributed by atoms with E-state index in [9.17, 15) is 9.18 Å². The molecule has 0 saturated heterocycles. The van der Waals surface area contributed by atoms with Crippen LogP contribution in [0.1, 0.15) is 15.9 Å². The maximum absolute atomic E-state index is 13.5. The molecule has 1 heterocycles. The highest BCUT2D eigenvalue weighted by atomic mass is 19.1. The number of nitrogens with zero attached hydrogens (tertiary/aromatic N) is 1. The lowest BCUT2D eigenvalue weighted by Crippen LogP contribution is -2.14. The summed E-state index contributed by atoms with van der Waals surface area (Å²) in [6, 6.07) is 2.67. The first-order valence-corrected chi connectivity index (χ1v) is 4.94. The van der Waals surface area contributed by atoms with Crippen molar-refractivity contribution in [3.8, 4) is 0 Å². The van der Waals surface area contributed by atoms with E-state index in [2.05, 4.69) is 15.5 Å². The van der Waals surface area contributed by atoms with Crippen LogP contribution in [0.5, 0.6) is 0 Å². The largest absolute Gasteiger partial charge is 0.398 e. The Labute approximate surface area is 96.8 Å². The van der Waals surface area contributed by atoms with Gasteiger partial charge in [0.1, 0.15) is 5.82 Å². The highest BCUT2D eigenvalue weighted by Gasteiger charge is 2.13. The Morgan fingerprint density at radius 2 is 2.29 bits per heavy atom. The highest BCUT2D eigenvalue weighted by Crippen LogP contribution is 2.24. The molecule has 0 unspecified atom stereocenters. The van der Waals surface area contributed by atoms with Gasteiger partial charge in [0.25, 0.3) is 5.91 Å². The van der Waals surface area contributed by atoms with E-state index in [-0.39, 0.29) is 5.69 Å². The second-order valence-corrected chi connectivity index (χ2v) is 3.58. The molecular weight excluding hydrogens is 223 g/mol. The minimum atomic E-state index is -0.520. The van der Waals surface area contributed by atoms with E-state index in [1.807, 2.05) is 0 Å². The summed E-state index contributed by atoms with van der Waals surface area (Å²) in [6.45, 7) is 1.64. The molecule has 1 aromatic carbocycles. The Hall–Kier alpha value is -2.37. The standard InChI is InChI=1S/C11H11FN4O/c1-6-9(13)3-2-8(12)10(6)16-11(17)7-4-14-15-5-7/h2-5H,13H2,1H3,(H,14,15)(H,16,17). The Balaban J connectivity index is 2.31. The lowest BCUT2D eigenvalue weighted by Gasteiger charge is -2.10. The summed E-state index contributed by atoms with van der Waals surface area (Å²) >= 11 is 0. The summed E-state index contributed by atoms with van der Waals surface area (Å²) < 4.78 is 13.5. The Bertz CT molecular complexity index is 551. The summed E-state index contributed by atoms with van der Waals surface area (Å²) in [5.41, 5.74) is 6.99. The van der Waals surface area contributed by atoms with E-state index in [1.165, 1.54) is 24.5 Å². The van der Waals surface area contributed by atoms with Crippen molar-refractivity contribution in [2.24, 2.45) is 0 Å². The highest BCUT2D eigenvalue weighted by molar-refractivity contribution is 6.04. The molecule has 0 bridgehead atoms. The van der Waals surface area contributed by atoms with Gasteiger partial charge in [0.05, 0.1) is 17.4 Å². The van der Waals surface area contributed by atoms with Crippen LogP contribution in [-0.4, -0.2) is 16.1 Å². The molecule has 0 atom stereocenters. The van der Waals surface area contributed by atoms with Crippen LogP contribution in [0.4, 0.5) is 15.8 Å². The predicted octanol–water partition coefficient (Wildman–Crippen LogP) is 1.69. The van der Waals surface area contributed by atoms with Crippen LogP contribution in [0.25, 0.3) is 0 Å². The van der Waals surface area contributed by atoms with Crippen LogP contribution in [0.3, 0.4) is 0 Å². The number of aromatic amines is 1. The smallest absolute Gasteiger partial charge is 0.258 e. The number of rotatable bonds is 2. The van der Waals surface area contributed by atoms with Crippen molar-refractivity contribution in [2.45, 2.75) is 6.92 Å². The maximum Gasteiger partial charge on any atom is 0.258 e. The van der Waals surface area contributed by atoms with Gasteiger partial charge in [-0.2, -0.15) is 5.10 Å². The van der Waals surface area contributed by atoms with Gasteiger partial charge in [-0.1, -0.05) is 0 Å². The fraction of sp³-hybridized carbons (Fsp3) is 0.0909. The van der Waals surface area contributed by atoms with E-state index in [1.54, 1.807) is 6.92 Å². The van der Waals surface area contributed by atoms with Crippen molar-refractivity contribution in [3.63, 3.8) is 0 Å². The van der Waals surface area contributed by atoms with Crippen molar-refractivity contribution < 1.29 is 9.18 Å². The van der Waals surface area contributed by atoms with Gasteiger partial charge >= 0.3 is 0 Å². The molecule has 0 aliphatic carbocycles. The quantitative estimate of drug-likeness (QED) is 0.691. The molecular formula is C11H11FN4O. The molecule has 6 heteroatoms. The van der Waals surface area contributed by atoms with Gasteiger partial charge in [0.2, 0.25) is 0 Å². The Morgan fingerprint density at radius 3 is 2.94 bits per heavy atom. The minimum absolute atomic E-state index is 0.0937. The van der Waals surface area contributed by atoms with Crippen molar-refractivity contribution in [2.75, 3.05) is 11.1 Å². The topological polar surface area (TPSA) is 83.8 Å². The number of H-pyrrole nitrogens is 1. The van der Waals surface area contributed by atoms with E-state index >= 15 is 0 Å². The van der Waals surface area contributed by atoms with Crippen LogP contribution in [0.2, 0.25) is 0 Å². The SMILES string of the molecule is Cc1c(N)ccc(F)c1NC(=O)c1cn[nH]c1. The molecule has 4 N–H and O–H groups in total. The summed E-state index contributed by atoms with van der Waals surface area (Å²) in [4.78, 5) is 11.7. The molecule has 1 aromatic heterocycles. The van der Waals surface area contributed by atoms with Gasteiger partial charge in [-0.15, -0.1) is 0 Å². The number of carbonyl (C=O) groups is 1. The number of carbonyl (C=O) groups excluding carboxylic acids is 1. The molecule has 5 nitrogen and oxygen atoms in total. The van der Waals surface area contributed by atoms with Crippen molar-refractivity contribution in [1.82, 2.24) is 10.2 Å². The maximum atomic E-state index is 13.5. The average Bonchev–Trinajstić information content (AvgIpc) is 2.83. The van der Waals surface area contributed by atoms with Crippen LogP contribution in [-0.2, 0) is 0 Å². The zero-order valence-electron chi connectivity index (χ0n) is 9.12. The molecule has 1 amide bonds. The van der Waals surface area contributed by atoms with Crippen molar-refractivity contribution in [3.05, 3.63) is 41.5 Å². The van der Waals surface area contributed by atoms with Crippen molar-refractivity contribution >= 4 is 17.3 Å². The van der Waals surface area contributed by atoms with Gasteiger partial charge < -0.3 is 11.1 Å². The number of nitrogens with two attached hydrogens (primary N) is 1. The number of halogens is 1. The van der Waals surface area contributed by atoms with E-state index in [0.717, 1.165) is 0 Å². The number of aromatic nitrogens is 2. The van der Waals surface area contributed by atoms with E-state index in [0.29, 0.717) is 16.8 Å². The minimum Gasteiger partial charge on any atom is -0.398 e. The first-order chi connectivity index (χ1) is 8.09.